The molecule has 0 bridgehead atoms. The summed E-state index contributed by atoms with van der Waals surface area (Å²) < 4.78 is 0. The van der Waals surface area contributed by atoms with Gasteiger partial charge in [0, 0.05) is 5.54 Å². The average Bonchev–Trinajstić information content (AvgIpc) is 2.12. The van der Waals surface area contributed by atoms with E-state index in [1.54, 1.807) is 0 Å². The second-order valence-corrected chi connectivity index (χ2v) is 5.04. The van der Waals surface area contributed by atoms with E-state index < -0.39 is 22.9 Å². The molecule has 1 heterocycles. The van der Waals surface area contributed by atoms with Crippen LogP contribution in [0, 0.1) is 0 Å². The molecule has 0 spiro atoms. The zero-order valence-corrected chi connectivity index (χ0v) is 9.07. The van der Waals surface area contributed by atoms with Crippen molar-refractivity contribution in [1.82, 2.24) is 4.90 Å². The van der Waals surface area contributed by atoms with Crippen LogP contribution < -0.4 is 0 Å². The van der Waals surface area contributed by atoms with E-state index in [9.17, 15) is 0 Å². The standard InChI is InChI=1S/C8H12B5N/c1-7(2,3)14-5(10)4(9)8(12,13)6(14)11/h4-6H,1-3H3. The zero-order chi connectivity index (χ0) is 11.3. The molecule has 0 aromatic heterocycles. The number of hydrogen-bond donors (Lipinski definition) is 0. The fraction of sp³-hybridized carbons (Fsp3) is 1.00. The summed E-state index contributed by atoms with van der Waals surface area (Å²) in [7, 11) is 29.4. The lowest BCUT2D eigenvalue weighted by Gasteiger charge is -2.42. The van der Waals surface area contributed by atoms with Crippen LogP contribution in [0.5, 0.6) is 0 Å². The first kappa shape index (κ1) is 12.4. The predicted octanol–water partition coefficient (Wildman–Crippen LogP) is -0.500. The van der Waals surface area contributed by atoms with Crippen LogP contribution in [0.1, 0.15) is 20.8 Å². The zero-order valence-electron chi connectivity index (χ0n) is 9.07. The minimum atomic E-state index is -1.13. The minimum Gasteiger partial charge on any atom is -0.311 e. The van der Waals surface area contributed by atoms with Gasteiger partial charge in [0.25, 0.3) is 0 Å². The molecule has 1 saturated heterocycles. The Morgan fingerprint density at radius 3 is 1.64 bits per heavy atom. The van der Waals surface area contributed by atoms with Crippen molar-refractivity contribution in [3.8, 4) is 0 Å². The molecule has 0 N–H and O–H groups in total. The molecule has 6 heteroatoms. The number of nitrogens with zero attached hydrogens (tertiary/aromatic N) is 1. The SMILES string of the molecule is [B]C1C([B])C([B])([B])C([B])N1C(C)(C)C. The second-order valence-electron chi connectivity index (χ2n) is 5.04. The quantitative estimate of drug-likeness (QED) is 0.450. The molecule has 0 saturated carbocycles. The third-order valence-electron chi connectivity index (χ3n) is 2.85. The van der Waals surface area contributed by atoms with E-state index in [0.717, 1.165) is 0 Å². The molecule has 14 heavy (non-hydrogen) atoms. The Morgan fingerprint density at radius 1 is 1.07 bits per heavy atom. The van der Waals surface area contributed by atoms with Crippen molar-refractivity contribution in [3.63, 3.8) is 0 Å². The van der Waals surface area contributed by atoms with Gasteiger partial charge in [0.1, 0.15) is 0 Å². The van der Waals surface area contributed by atoms with Crippen LogP contribution in [0.25, 0.3) is 0 Å². The van der Waals surface area contributed by atoms with Gasteiger partial charge in [-0.25, -0.2) is 0 Å². The van der Waals surface area contributed by atoms with Gasteiger partial charge >= 0.3 is 0 Å². The maximum absolute atomic E-state index is 5.94. The van der Waals surface area contributed by atoms with E-state index in [0.29, 0.717) is 0 Å². The summed E-state index contributed by atoms with van der Waals surface area (Å²) in [5.74, 6) is -1.44. The summed E-state index contributed by atoms with van der Waals surface area (Å²) in [6.45, 7) is 6.00. The topological polar surface area (TPSA) is 3.24 Å². The molecule has 64 valence electrons. The number of hydrogen-bond acceptors (Lipinski definition) is 1. The molecule has 10 radical (unpaired) electrons. The van der Waals surface area contributed by atoms with Gasteiger partial charge in [0.05, 0.1) is 39.2 Å². The van der Waals surface area contributed by atoms with Crippen LogP contribution in [0.2, 0.25) is 11.0 Å². The van der Waals surface area contributed by atoms with Crippen LogP contribution in [-0.2, 0) is 0 Å². The molecule has 1 rings (SSSR count). The largest absolute Gasteiger partial charge is 0.311 e. The van der Waals surface area contributed by atoms with Crippen LogP contribution in [0.3, 0.4) is 0 Å². The molecule has 0 amide bonds. The van der Waals surface area contributed by atoms with Gasteiger partial charge in [-0.2, -0.15) is 0 Å². The Bertz CT molecular complexity index is 224. The lowest BCUT2D eigenvalue weighted by Crippen LogP contribution is -2.51. The lowest BCUT2D eigenvalue weighted by atomic mass is 9.38. The first-order valence-electron chi connectivity index (χ1n) is 4.73. The normalized spacial score (nSPS) is 38.6. The van der Waals surface area contributed by atoms with Crippen molar-refractivity contribution in [2.75, 3.05) is 0 Å². The van der Waals surface area contributed by atoms with Crippen molar-refractivity contribution in [1.29, 1.82) is 0 Å². The molecular weight excluding hydrogens is 164 g/mol. The van der Waals surface area contributed by atoms with E-state index in [1.165, 1.54) is 0 Å². The third-order valence-corrected chi connectivity index (χ3v) is 2.85. The van der Waals surface area contributed by atoms with Gasteiger partial charge in [-0.3, -0.25) is 0 Å². The van der Waals surface area contributed by atoms with Gasteiger partial charge in [-0.15, -0.1) is 0 Å². The Balaban J connectivity index is 3.02. The summed E-state index contributed by atoms with van der Waals surface area (Å²) in [6.07, 6.45) is 0. The van der Waals surface area contributed by atoms with Crippen molar-refractivity contribution < 1.29 is 0 Å². The van der Waals surface area contributed by atoms with Crippen molar-refractivity contribution in [2.24, 2.45) is 0 Å². The average molecular weight is 176 g/mol. The maximum atomic E-state index is 5.94. The predicted molar refractivity (Wildman–Crippen MR) is 64.4 cm³/mol. The number of rotatable bonds is 0. The summed E-state index contributed by atoms with van der Waals surface area (Å²) >= 11 is 0. The molecule has 0 aliphatic carbocycles. The Morgan fingerprint density at radius 2 is 1.50 bits per heavy atom. The van der Waals surface area contributed by atoms with Gasteiger partial charge in [-0.05, 0) is 32.7 Å². The molecule has 1 aliphatic rings. The molecule has 0 aromatic carbocycles. The smallest absolute Gasteiger partial charge is 0.0903 e. The fourth-order valence-electron chi connectivity index (χ4n) is 1.96. The van der Waals surface area contributed by atoms with E-state index in [-0.39, 0.29) is 5.54 Å². The van der Waals surface area contributed by atoms with E-state index in [1.807, 2.05) is 25.7 Å². The summed E-state index contributed by atoms with van der Waals surface area (Å²) in [5, 5.41) is -1.13. The highest BCUT2D eigenvalue weighted by molar-refractivity contribution is 6.49. The number of likely N-dealkylation sites (tertiary alicyclic amines) is 1. The van der Waals surface area contributed by atoms with Gasteiger partial charge in [-0.1, -0.05) is 11.0 Å². The fourth-order valence-corrected chi connectivity index (χ4v) is 1.96. The summed E-state index contributed by atoms with van der Waals surface area (Å²) in [5.41, 5.74) is -0.197. The first-order valence-corrected chi connectivity index (χ1v) is 4.73. The van der Waals surface area contributed by atoms with Crippen molar-refractivity contribution >= 4 is 39.2 Å². The summed E-state index contributed by atoms with van der Waals surface area (Å²) in [4.78, 5) is 1.86. The maximum Gasteiger partial charge on any atom is 0.0903 e. The van der Waals surface area contributed by atoms with E-state index >= 15 is 0 Å². The van der Waals surface area contributed by atoms with Gasteiger partial charge < -0.3 is 4.90 Å². The molecule has 1 aliphatic heterocycles. The monoisotopic (exact) mass is 177 g/mol. The summed E-state index contributed by atoms with van der Waals surface area (Å²) in [6, 6.07) is 0. The highest BCUT2D eigenvalue weighted by Crippen LogP contribution is 2.49. The molecule has 3 unspecified atom stereocenters. The highest BCUT2D eigenvalue weighted by Gasteiger charge is 2.48. The molecule has 1 fully saturated rings. The first-order chi connectivity index (χ1) is 6.10. The third kappa shape index (κ3) is 1.71. The van der Waals surface area contributed by atoms with Gasteiger partial charge in [0.15, 0.2) is 0 Å². The van der Waals surface area contributed by atoms with Crippen LogP contribution >= 0.6 is 0 Å². The second kappa shape index (κ2) is 3.40. The van der Waals surface area contributed by atoms with Crippen molar-refractivity contribution in [2.45, 2.75) is 49.2 Å². The Labute approximate surface area is 93.8 Å². The molecule has 3 atom stereocenters. The molecular formula is C8H12B5N. The van der Waals surface area contributed by atoms with Crippen LogP contribution in [0.15, 0.2) is 0 Å². The molecule has 1 nitrogen and oxygen atoms in total. The lowest BCUT2D eigenvalue weighted by molar-refractivity contribution is 0.139. The van der Waals surface area contributed by atoms with Crippen molar-refractivity contribution in [3.05, 3.63) is 0 Å². The van der Waals surface area contributed by atoms with E-state index in [2.05, 4.69) is 0 Å². The van der Waals surface area contributed by atoms with Crippen LogP contribution in [0.4, 0.5) is 0 Å². The van der Waals surface area contributed by atoms with Crippen LogP contribution in [-0.4, -0.2) is 61.6 Å². The Hall–Kier alpha value is 0.285. The minimum absolute atomic E-state index is 0.197. The molecule has 0 aromatic rings. The Kier molecular flexibility index (Phi) is 3.00. The highest BCUT2D eigenvalue weighted by atomic mass is 15.3. The van der Waals surface area contributed by atoms with Gasteiger partial charge in [0.2, 0.25) is 0 Å². The van der Waals surface area contributed by atoms with E-state index in [4.69, 9.17) is 39.2 Å².